The van der Waals surface area contributed by atoms with E-state index in [1.807, 2.05) is 26.0 Å². The van der Waals surface area contributed by atoms with Gasteiger partial charge in [-0.1, -0.05) is 36.4 Å². The second-order valence-corrected chi connectivity index (χ2v) is 6.30. The van der Waals surface area contributed by atoms with Gasteiger partial charge >= 0.3 is 0 Å². The molecule has 0 unspecified atom stereocenters. The summed E-state index contributed by atoms with van der Waals surface area (Å²) < 4.78 is 4.25. The van der Waals surface area contributed by atoms with Crippen molar-refractivity contribution in [3.05, 3.63) is 59.3 Å². The zero-order valence-electron chi connectivity index (χ0n) is 13.4. The van der Waals surface area contributed by atoms with Gasteiger partial charge in [-0.3, -0.25) is 4.79 Å². The van der Waals surface area contributed by atoms with Gasteiger partial charge in [0.05, 0.1) is 17.3 Å². The summed E-state index contributed by atoms with van der Waals surface area (Å²) in [6, 6.07) is 14.4. The lowest BCUT2D eigenvalue weighted by atomic mass is 10.0. The van der Waals surface area contributed by atoms with Crippen molar-refractivity contribution < 1.29 is 4.79 Å². The third-order valence-corrected chi connectivity index (χ3v) is 4.89. The number of rotatable bonds is 4. The summed E-state index contributed by atoms with van der Waals surface area (Å²) >= 11 is 1.31. The first-order valence-electron chi connectivity index (χ1n) is 7.53. The van der Waals surface area contributed by atoms with Gasteiger partial charge in [0.1, 0.15) is 5.00 Å². The molecule has 0 saturated heterocycles. The van der Waals surface area contributed by atoms with Crippen LogP contribution in [0.4, 0.5) is 5.00 Å². The molecule has 0 aliphatic heterocycles. The van der Waals surface area contributed by atoms with Gasteiger partial charge < -0.3 is 10.6 Å². The minimum Gasteiger partial charge on any atom is -0.378 e. The Balaban J connectivity index is 1.83. The number of nitrogens with one attached hydrogen (secondary N) is 2. The van der Waals surface area contributed by atoms with Crippen molar-refractivity contribution in [3.63, 3.8) is 0 Å². The molecule has 3 aromatic rings. The van der Waals surface area contributed by atoms with Gasteiger partial charge in [-0.25, -0.2) is 0 Å². The van der Waals surface area contributed by atoms with Crippen LogP contribution in [-0.4, -0.2) is 17.3 Å². The van der Waals surface area contributed by atoms with Crippen LogP contribution in [0.25, 0.3) is 10.8 Å². The molecule has 0 bridgehead atoms. The van der Waals surface area contributed by atoms with E-state index < -0.39 is 0 Å². The highest BCUT2D eigenvalue weighted by Crippen LogP contribution is 2.25. The topological polar surface area (TPSA) is 54.0 Å². The minimum atomic E-state index is -0.0961. The molecule has 0 fully saturated rings. The van der Waals surface area contributed by atoms with Crippen LogP contribution in [0, 0.1) is 6.92 Å². The number of nitrogens with zero attached hydrogens (tertiary/aromatic N) is 1. The maximum absolute atomic E-state index is 12.6. The van der Waals surface area contributed by atoms with E-state index in [1.165, 1.54) is 22.3 Å². The van der Waals surface area contributed by atoms with Crippen LogP contribution >= 0.6 is 11.5 Å². The Morgan fingerprint density at radius 3 is 2.65 bits per heavy atom. The van der Waals surface area contributed by atoms with Crippen LogP contribution in [0.1, 0.15) is 34.6 Å². The van der Waals surface area contributed by atoms with E-state index in [9.17, 15) is 4.79 Å². The van der Waals surface area contributed by atoms with Crippen molar-refractivity contribution in [3.8, 4) is 0 Å². The SMILES string of the molecule is CNc1snc(C)c1C(=O)N[C@H](C)c1ccc2ccccc2c1. The van der Waals surface area contributed by atoms with Crippen LogP contribution in [-0.2, 0) is 0 Å². The molecule has 2 N–H and O–H groups in total. The average molecular weight is 325 g/mol. The number of hydrogen-bond acceptors (Lipinski definition) is 4. The number of benzene rings is 2. The van der Waals surface area contributed by atoms with Gasteiger partial charge in [0, 0.05) is 7.05 Å². The Morgan fingerprint density at radius 1 is 1.17 bits per heavy atom. The Hall–Kier alpha value is -2.40. The third kappa shape index (κ3) is 3.05. The normalized spacial score (nSPS) is 12.1. The highest BCUT2D eigenvalue weighted by atomic mass is 32.1. The van der Waals surface area contributed by atoms with Gasteiger partial charge in [0.25, 0.3) is 5.91 Å². The maximum Gasteiger partial charge on any atom is 0.256 e. The summed E-state index contributed by atoms with van der Waals surface area (Å²) in [5.41, 5.74) is 2.47. The highest BCUT2D eigenvalue weighted by molar-refractivity contribution is 7.10. The molecular formula is C18H19N3OS. The van der Waals surface area contributed by atoms with Crippen molar-refractivity contribution in [1.82, 2.24) is 9.69 Å². The van der Waals surface area contributed by atoms with Crippen molar-refractivity contribution in [1.29, 1.82) is 0 Å². The molecule has 1 amide bonds. The second kappa shape index (κ2) is 6.38. The van der Waals surface area contributed by atoms with E-state index in [0.717, 1.165) is 16.3 Å². The molecule has 118 valence electrons. The molecule has 0 aliphatic carbocycles. The molecule has 3 rings (SSSR count). The lowest BCUT2D eigenvalue weighted by Gasteiger charge is -2.15. The predicted molar refractivity (Wildman–Crippen MR) is 96.2 cm³/mol. The molecule has 1 heterocycles. The summed E-state index contributed by atoms with van der Waals surface area (Å²) in [6.45, 7) is 3.85. The fourth-order valence-corrected chi connectivity index (χ4v) is 3.38. The lowest BCUT2D eigenvalue weighted by Crippen LogP contribution is -2.27. The predicted octanol–water partition coefficient (Wildman–Crippen LogP) is 4.14. The Kier molecular flexibility index (Phi) is 4.30. The summed E-state index contributed by atoms with van der Waals surface area (Å²) in [5.74, 6) is -0.0961. The molecular weight excluding hydrogens is 306 g/mol. The average Bonchev–Trinajstić information content (AvgIpc) is 2.95. The molecule has 5 heteroatoms. The minimum absolute atomic E-state index is 0.0730. The summed E-state index contributed by atoms with van der Waals surface area (Å²) in [6.07, 6.45) is 0. The van der Waals surface area contributed by atoms with Crippen molar-refractivity contribution in [2.75, 3.05) is 12.4 Å². The van der Waals surface area contributed by atoms with E-state index in [1.54, 1.807) is 7.05 Å². The maximum atomic E-state index is 12.6. The van der Waals surface area contributed by atoms with Gasteiger partial charge in [-0.15, -0.1) is 0 Å². The van der Waals surface area contributed by atoms with Gasteiger partial charge in [0.2, 0.25) is 0 Å². The lowest BCUT2D eigenvalue weighted by molar-refractivity contribution is 0.0940. The van der Waals surface area contributed by atoms with E-state index >= 15 is 0 Å². The van der Waals surface area contributed by atoms with E-state index in [0.29, 0.717) is 5.56 Å². The quantitative estimate of drug-likeness (QED) is 0.758. The van der Waals surface area contributed by atoms with Gasteiger partial charge in [-0.2, -0.15) is 4.37 Å². The van der Waals surface area contributed by atoms with Gasteiger partial charge in [0.15, 0.2) is 0 Å². The standard InChI is InChI=1S/C18H19N3OS/c1-11(14-9-8-13-6-4-5-7-15(13)10-14)20-17(22)16-12(2)21-23-18(16)19-3/h4-11,19H,1-3H3,(H,20,22)/t11-/m1/s1. The smallest absolute Gasteiger partial charge is 0.256 e. The largest absolute Gasteiger partial charge is 0.378 e. The first-order chi connectivity index (χ1) is 11.1. The van der Waals surface area contributed by atoms with E-state index in [4.69, 9.17) is 0 Å². The molecule has 0 saturated carbocycles. The van der Waals surface area contributed by atoms with Crippen LogP contribution in [0.15, 0.2) is 42.5 Å². The molecule has 1 aromatic heterocycles. The monoisotopic (exact) mass is 325 g/mol. The fraction of sp³-hybridized carbons (Fsp3) is 0.222. The van der Waals surface area contributed by atoms with E-state index in [-0.39, 0.29) is 11.9 Å². The molecule has 1 atom stereocenters. The van der Waals surface area contributed by atoms with E-state index in [2.05, 4.69) is 45.3 Å². The van der Waals surface area contributed by atoms with Gasteiger partial charge in [-0.05, 0) is 47.8 Å². The van der Waals surface area contributed by atoms with Crippen molar-refractivity contribution in [2.45, 2.75) is 19.9 Å². The molecule has 4 nitrogen and oxygen atoms in total. The number of amides is 1. The summed E-state index contributed by atoms with van der Waals surface area (Å²) in [5, 5.41) is 9.27. The first-order valence-corrected chi connectivity index (χ1v) is 8.31. The van der Waals surface area contributed by atoms with Crippen LogP contribution in [0.5, 0.6) is 0 Å². The molecule has 0 radical (unpaired) electrons. The van der Waals surface area contributed by atoms with Crippen molar-refractivity contribution >= 4 is 33.2 Å². The summed E-state index contributed by atoms with van der Waals surface area (Å²) in [7, 11) is 1.80. The molecule has 0 aliphatic rings. The Bertz CT molecular complexity index is 856. The Labute approximate surface area is 139 Å². The highest BCUT2D eigenvalue weighted by Gasteiger charge is 2.19. The van der Waals surface area contributed by atoms with Crippen LogP contribution < -0.4 is 10.6 Å². The summed E-state index contributed by atoms with van der Waals surface area (Å²) in [4.78, 5) is 12.6. The van der Waals surface area contributed by atoms with Crippen LogP contribution in [0.3, 0.4) is 0 Å². The fourth-order valence-electron chi connectivity index (χ4n) is 2.64. The zero-order chi connectivity index (χ0) is 16.4. The molecule has 2 aromatic carbocycles. The molecule has 23 heavy (non-hydrogen) atoms. The molecule has 0 spiro atoms. The number of carbonyl (C=O) groups is 1. The number of anilines is 1. The second-order valence-electron chi connectivity index (χ2n) is 5.52. The number of aryl methyl sites for hydroxylation is 1. The zero-order valence-corrected chi connectivity index (χ0v) is 14.2. The number of aromatic nitrogens is 1. The third-order valence-electron chi connectivity index (χ3n) is 3.94. The van der Waals surface area contributed by atoms with Crippen molar-refractivity contribution in [2.24, 2.45) is 0 Å². The number of hydrogen-bond donors (Lipinski definition) is 2. The first kappa shape index (κ1) is 15.5. The Morgan fingerprint density at radius 2 is 1.91 bits per heavy atom. The number of carbonyl (C=O) groups excluding carboxylic acids is 1. The number of fused-ring (bicyclic) bond motifs is 1. The van der Waals surface area contributed by atoms with Crippen LogP contribution in [0.2, 0.25) is 0 Å².